The Labute approximate surface area is 247 Å². The number of fused-ring (bicyclic) bond motifs is 3. The third kappa shape index (κ3) is 6.64. The minimum atomic E-state index is -0.550. The van der Waals surface area contributed by atoms with Crippen LogP contribution < -0.4 is 36.6 Å². The zero-order chi connectivity index (χ0) is 30.3. The van der Waals surface area contributed by atoms with Crippen LogP contribution in [-0.4, -0.2) is 76.8 Å². The second-order valence-corrected chi connectivity index (χ2v) is 9.75. The van der Waals surface area contributed by atoms with Crippen molar-refractivity contribution in [3.63, 3.8) is 0 Å². The van der Waals surface area contributed by atoms with Gasteiger partial charge in [0.05, 0.1) is 19.3 Å². The summed E-state index contributed by atoms with van der Waals surface area (Å²) < 4.78 is 19.0. The highest BCUT2D eigenvalue weighted by molar-refractivity contribution is 5.96. The first-order valence-corrected chi connectivity index (χ1v) is 13.7. The molecular weight excluding hydrogens is 554 g/mol. The Balaban J connectivity index is 1.28. The van der Waals surface area contributed by atoms with Crippen molar-refractivity contribution in [2.45, 2.75) is 19.4 Å². The summed E-state index contributed by atoms with van der Waals surface area (Å²) in [5.74, 6) is 1.62. The molecule has 14 nitrogen and oxygen atoms in total. The van der Waals surface area contributed by atoms with E-state index in [-0.39, 0.29) is 17.1 Å². The summed E-state index contributed by atoms with van der Waals surface area (Å²) >= 11 is 0. The molecule has 0 spiro atoms. The lowest BCUT2D eigenvalue weighted by Gasteiger charge is -2.18. The fourth-order valence-corrected chi connectivity index (χ4v) is 4.59. The van der Waals surface area contributed by atoms with E-state index in [1.807, 2.05) is 28.8 Å². The lowest BCUT2D eigenvalue weighted by molar-refractivity contribution is 0.0995. The summed E-state index contributed by atoms with van der Waals surface area (Å²) in [7, 11) is 3.19. The number of nitrogens with two attached hydrogens (primary N) is 2. The molecule has 4 aromatic rings. The lowest BCUT2D eigenvalue weighted by Crippen LogP contribution is -2.31. The fourth-order valence-electron chi connectivity index (χ4n) is 4.59. The number of hydrogen-bond donors (Lipinski definition) is 3. The summed E-state index contributed by atoms with van der Waals surface area (Å²) in [6.07, 6.45) is 3.48. The second kappa shape index (κ2) is 13.2. The molecule has 1 aliphatic heterocycles. The van der Waals surface area contributed by atoms with Gasteiger partial charge in [0.25, 0.3) is 5.91 Å². The summed E-state index contributed by atoms with van der Waals surface area (Å²) in [4.78, 5) is 43.5. The summed E-state index contributed by atoms with van der Waals surface area (Å²) in [5.41, 5.74) is 13.1. The first-order chi connectivity index (χ1) is 20.9. The molecular formula is C29H33N9O5. The molecule has 2 aromatic heterocycles. The summed E-state index contributed by atoms with van der Waals surface area (Å²) in [5, 5.41) is 4.13. The van der Waals surface area contributed by atoms with Gasteiger partial charge >= 0.3 is 6.09 Å². The van der Waals surface area contributed by atoms with Crippen molar-refractivity contribution < 1.29 is 23.8 Å². The molecule has 0 saturated heterocycles. The van der Waals surface area contributed by atoms with Crippen molar-refractivity contribution in [3.05, 3.63) is 65.5 Å². The highest BCUT2D eigenvalue weighted by atomic mass is 16.6. The number of nitrogens with one attached hydrogen (secondary N) is 1. The molecule has 2 amide bonds. The number of nitrogen functional groups attached to an aromatic ring is 1. The standard InChI is InChI=1S/C29H33N9O5/c1-37(29(40)43-20-6-4-18(5-7-20)10-11-30)13-3-15-42-22-9-8-21-23(24(22)41-2)35-28(38-14-12-32-25(21)38)36-26(39)19-16-33-27(31)34-17-19/h4-9,16-17,32H,3,10-15,30H2,1-2H3,(H2,31,33,34). The van der Waals surface area contributed by atoms with Crippen molar-refractivity contribution in [2.75, 3.05) is 51.4 Å². The van der Waals surface area contributed by atoms with Crippen LogP contribution in [0, 0.1) is 0 Å². The molecule has 0 atom stereocenters. The van der Waals surface area contributed by atoms with Gasteiger partial charge in [0.15, 0.2) is 11.5 Å². The molecule has 1 aliphatic rings. The van der Waals surface area contributed by atoms with Crippen LogP contribution in [0.5, 0.6) is 17.2 Å². The number of ether oxygens (including phenoxy) is 3. The molecule has 0 radical (unpaired) electrons. The maximum Gasteiger partial charge on any atom is 0.414 e. The van der Waals surface area contributed by atoms with Crippen LogP contribution in [-0.2, 0) is 13.0 Å². The van der Waals surface area contributed by atoms with Crippen LogP contribution in [0.3, 0.4) is 0 Å². The molecule has 0 fully saturated rings. The van der Waals surface area contributed by atoms with Gasteiger partial charge in [-0.25, -0.2) is 19.7 Å². The van der Waals surface area contributed by atoms with E-state index in [4.69, 9.17) is 25.7 Å². The van der Waals surface area contributed by atoms with Crippen molar-refractivity contribution in [1.82, 2.24) is 24.4 Å². The fraction of sp³-hybridized carbons (Fsp3) is 0.310. The minimum absolute atomic E-state index is 0.0632. The highest BCUT2D eigenvalue weighted by Gasteiger charge is 2.21. The van der Waals surface area contributed by atoms with Crippen molar-refractivity contribution in [2.24, 2.45) is 10.7 Å². The molecule has 224 valence electrons. The highest BCUT2D eigenvalue weighted by Crippen LogP contribution is 2.37. The van der Waals surface area contributed by atoms with Gasteiger partial charge in [-0.2, -0.15) is 4.99 Å². The first-order valence-electron chi connectivity index (χ1n) is 13.7. The average molecular weight is 588 g/mol. The normalized spacial score (nSPS) is 12.5. The van der Waals surface area contributed by atoms with Gasteiger partial charge in [-0.15, -0.1) is 0 Å². The number of nitrogens with zero attached hydrogens (tertiary/aromatic N) is 6. The van der Waals surface area contributed by atoms with Gasteiger partial charge in [0.2, 0.25) is 11.6 Å². The predicted molar refractivity (Wildman–Crippen MR) is 159 cm³/mol. The number of rotatable bonds is 10. The Hall–Kier alpha value is -5.24. The number of aromatic nitrogens is 4. The van der Waals surface area contributed by atoms with Crippen LogP contribution in [0.15, 0.2) is 53.8 Å². The van der Waals surface area contributed by atoms with Gasteiger partial charge in [0.1, 0.15) is 17.1 Å². The van der Waals surface area contributed by atoms with E-state index in [2.05, 4.69) is 25.3 Å². The number of carbonyl (C=O) groups is 2. The molecule has 0 bridgehead atoms. The third-order valence-electron chi connectivity index (χ3n) is 6.79. The van der Waals surface area contributed by atoms with E-state index in [1.54, 1.807) is 19.2 Å². The molecule has 2 aromatic carbocycles. The smallest absolute Gasteiger partial charge is 0.414 e. The maximum absolute atomic E-state index is 12.8. The Morgan fingerprint density at radius 2 is 1.91 bits per heavy atom. The van der Waals surface area contributed by atoms with Crippen LogP contribution in [0.2, 0.25) is 0 Å². The Kier molecular flexibility index (Phi) is 8.96. The average Bonchev–Trinajstić information content (AvgIpc) is 3.51. The van der Waals surface area contributed by atoms with Crippen molar-refractivity contribution in [3.8, 4) is 17.2 Å². The molecule has 3 heterocycles. The Bertz CT molecular complexity index is 1690. The predicted octanol–water partition coefficient (Wildman–Crippen LogP) is 1.98. The number of benzene rings is 2. The number of carbonyl (C=O) groups excluding carboxylic acids is 2. The maximum atomic E-state index is 12.8. The van der Waals surface area contributed by atoms with Crippen LogP contribution in [0.25, 0.3) is 10.9 Å². The Morgan fingerprint density at radius 1 is 1.14 bits per heavy atom. The minimum Gasteiger partial charge on any atom is -0.491 e. The van der Waals surface area contributed by atoms with Gasteiger partial charge in [-0.3, -0.25) is 9.36 Å². The molecule has 5 rings (SSSR count). The molecule has 0 unspecified atom stereocenters. The Morgan fingerprint density at radius 3 is 2.63 bits per heavy atom. The van der Waals surface area contributed by atoms with Crippen molar-refractivity contribution in [1.29, 1.82) is 0 Å². The molecule has 14 heteroatoms. The zero-order valence-electron chi connectivity index (χ0n) is 23.9. The van der Waals surface area contributed by atoms with Crippen LogP contribution in [0.1, 0.15) is 22.3 Å². The van der Waals surface area contributed by atoms with E-state index >= 15 is 0 Å². The van der Waals surface area contributed by atoms with E-state index in [0.717, 1.165) is 23.2 Å². The summed E-state index contributed by atoms with van der Waals surface area (Å²) in [6.45, 7) is 2.50. The SMILES string of the molecule is COc1c(OCCCN(C)C(=O)Oc2ccc(CCN)cc2)ccc2c3n(c(=NC(=O)c4cnc(N)nc4)nc12)CCN3. The van der Waals surface area contributed by atoms with Gasteiger partial charge < -0.3 is 35.9 Å². The summed E-state index contributed by atoms with van der Waals surface area (Å²) in [6, 6.07) is 11.0. The first kappa shape index (κ1) is 29.3. The lowest BCUT2D eigenvalue weighted by atomic mass is 10.1. The quantitative estimate of drug-likeness (QED) is 0.230. The van der Waals surface area contributed by atoms with E-state index in [0.29, 0.717) is 62.0 Å². The topological polar surface area (TPSA) is 185 Å². The molecule has 0 saturated carbocycles. The van der Waals surface area contributed by atoms with Gasteiger partial charge in [-0.1, -0.05) is 12.1 Å². The number of methoxy groups -OCH3 is 1. The molecule has 0 aliphatic carbocycles. The number of hydrogen-bond acceptors (Lipinski definition) is 11. The van der Waals surface area contributed by atoms with E-state index in [1.165, 1.54) is 24.4 Å². The van der Waals surface area contributed by atoms with E-state index < -0.39 is 12.0 Å². The number of amides is 2. The molecule has 5 N–H and O–H groups in total. The monoisotopic (exact) mass is 587 g/mol. The van der Waals surface area contributed by atoms with Crippen LogP contribution in [0.4, 0.5) is 16.6 Å². The van der Waals surface area contributed by atoms with Gasteiger partial charge in [0, 0.05) is 44.5 Å². The van der Waals surface area contributed by atoms with E-state index in [9.17, 15) is 9.59 Å². The zero-order valence-corrected chi connectivity index (χ0v) is 23.9. The largest absolute Gasteiger partial charge is 0.491 e. The van der Waals surface area contributed by atoms with Crippen molar-refractivity contribution >= 4 is 34.7 Å². The number of anilines is 2. The van der Waals surface area contributed by atoms with Crippen LogP contribution >= 0.6 is 0 Å². The third-order valence-corrected chi connectivity index (χ3v) is 6.79. The molecule has 43 heavy (non-hydrogen) atoms. The second-order valence-electron chi connectivity index (χ2n) is 9.75. The van der Waals surface area contributed by atoms with Gasteiger partial charge in [-0.05, 0) is 49.2 Å².